The first-order valence-corrected chi connectivity index (χ1v) is 10.2. The first kappa shape index (κ1) is 23.6. The van der Waals surface area contributed by atoms with Crippen molar-refractivity contribution in [2.24, 2.45) is 0 Å². The van der Waals surface area contributed by atoms with Crippen molar-refractivity contribution in [3.8, 4) is 0 Å². The molecule has 5 nitrogen and oxygen atoms in total. The van der Waals surface area contributed by atoms with Crippen LogP contribution in [-0.4, -0.2) is 35.1 Å². The highest BCUT2D eigenvalue weighted by Crippen LogP contribution is 2.33. The summed E-state index contributed by atoms with van der Waals surface area (Å²) in [6.45, 7) is 11.0. The molecule has 0 radical (unpaired) electrons. The molecule has 0 heterocycles. The van der Waals surface area contributed by atoms with Crippen molar-refractivity contribution in [1.82, 2.24) is 4.90 Å². The largest absolute Gasteiger partial charge is 0.459 e. The Kier molecular flexibility index (Phi) is 7.43. The first-order chi connectivity index (χ1) is 13.9. The van der Waals surface area contributed by atoms with E-state index in [4.69, 9.17) is 9.47 Å². The quantitative estimate of drug-likeness (QED) is 0.620. The van der Waals surface area contributed by atoms with Crippen LogP contribution in [0, 0.1) is 0 Å². The second-order valence-corrected chi connectivity index (χ2v) is 9.36. The minimum atomic E-state index is -0.775. The van der Waals surface area contributed by atoms with Gasteiger partial charge >= 0.3 is 11.9 Å². The number of esters is 2. The monoisotopic (exact) mass is 411 g/mol. The van der Waals surface area contributed by atoms with E-state index in [1.807, 2.05) is 102 Å². The summed E-state index contributed by atoms with van der Waals surface area (Å²) in [4.78, 5) is 28.2. The molecule has 2 aromatic rings. The minimum absolute atomic E-state index is 0.416. The molecule has 0 bridgehead atoms. The van der Waals surface area contributed by atoms with Crippen LogP contribution in [0.5, 0.6) is 0 Å². The maximum Gasteiger partial charge on any atom is 0.328 e. The average molecular weight is 412 g/mol. The van der Waals surface area contributed by atoms with Gasteiger partial charge < -0.3 is 9.47 Å². The van der Waals surface area contributed by atoms with Crippen LogP contribution < -0.4 is 0 Å². The smallest absolute Gasteiger partial charge is 0.328 e. The van der Waals surface area contributed by atoms with E-state index in [2.05, 4.69) is 0 Å². The number of nitrogens with zero attached hydrogens (tertiary/aromatic N) is 1. The molecular weight excluding hydrogens is 378 g/mol. The molecule has 0 saturated carbocycles. The zero-order valence-electron chi connectivity index (χ0n) is 19.0. The van der Waals surface area contributed by atoms with Crippen molar-refractivity contribution in [2.75, 3.05) is 7.05 Å². The van der Waals surface area contributed by atoms with Gasteiger partial charge in [0.2, 0.25) is 0 Å². The molecule has 30 heavy (non-hydrogen) atoms. The Morgan fingerprint density at radius 3 is 1.23 bits per heavy atom. The van der Waals surface area contributed by atoms with Crippen molar-refractivity contribution in [3.63, 3.8) is 0 Å². The molecule has 162 valence electrons. The topological polar surface area (TPSA) is 55.8 Å². The number of rotatable bonds is 6. The lowest BCUT2D eigenvalue weighted by Gasteiger charge is -2.35. The van der Waals surface area contributed by atoms with Gasteiger partial charge in [0.15, 0.2) is 0 Å². The Labute approximate surface area is 180 Å². The van der Waals surface area contributed by atoms with Crippen molar-refractivity contribution >= 4 is 11.9 Å². The van der Waals surface area contributed by atoms with Crippen LogP contribution in [0.1, 0.15) is 64.8 Å². The molecule has 2 rings (SSSR count). The highest BCUT2D eigenvalue weighted by Gasteiger charge is 2.39. The highest BCUT2D eigenvalue weighted by atomic mass is 16.6. The summed E-state index contributed by atoms with van der Waals surface area (Å²) in [7, 11) is 1.75. The van der Waals surface area contributed by atoms with Gasteiger partial charge in [-0.05, 0) is 59.7 Å². The minimum Gasteiger partial charge on any atom is -0.459 e. The Morgan fingerprint density at radius 2 is 0.967 bits per heavy atom. The van der Waals surface area contributed by atoms with Crippen molar-refractivity contribution in [3.05, 3.63) is 71.8 Å². The summed E-state index contributed by atoms with van der Waals surface area (Å²) in [5, 5.41) is 0. The summed E-state index contributed by atoms with van der Waals surface area (Å²) in [6.07, 6.45) is 0. The third-order valence-electron chi connectivity index (χ3n) is 4.31. The molecule has 2 unspecified atom stereocenters. The first-order valence-electron chi connectivity index (χ1n) is 10.2. The molecule has 0 aliphatic heterocycles. The molecule has 0 N–H and O–H groups in total. The Bertz CT molecular complexity index is 763. The molecular formula is C25H33NO4. The maximum atomic E-state index is 13.2. The van der Waals surface area contributed by atoms with Gasteiger partial charge in [-0.25, -0.2) is 9.59 Å². The van der Waals surface area contributed by atoms with Gasteiger partial charge in [0.05, 0.1) is 0 Å². The zero-order chi connectivity index (χ0) is 22.5. The summed E-state index contributed by atoms with van der Waals surface area (Å²) in [5.74, 6) is -0.832. The fraction of sp³-hybridized carbons (Fsp3) is 0.440. The Morgan fingerprint density at radius 1 is 0.667 bits per heavy atom. The lowest BCUT2D eigenvalue weighted by atomic mass is 9.99. The van der Waals surface area contributed by atoms with Crippen molar-refractivity contribution in [1.29, 1.82) is 0 Å². The van der Waals surface area contributed by atoms with E-state index in [0.717, 1.165) is 11.1 Å². The molecule has 0 saturated heterocycles. The molecule has 2 atom stereocenters. The second kappa shape index (κ2) is 9.43. The fourth-order valence-corrected chi connectivity index (χ4v) is 3.21. The lowest BCUT2D eigenvalue weighted by molar-refractivity contribution is -0.168. The van der Waals surface area contributed by atoms with Gasteiger partial charge in [0, 0.05) is 0 Å². The Balaban J connectivity index is 2.52. The Hall–Kier alpha value is -2.66. The number of likely N-dealkylation sites (N-methyl/N-ethyl adjacent to an activating group) is 1. The van der Waals surface area contributed by atoms with E-state index in [0.29, 0.717) is 0 Å². The number of hydrogen-bond donors (Lipinski definition) is 0. The number of carbonyl (C=O) groups excluding carboxylic acids is 2. The standard InChI is InChI=1S/C25H33NO4/c1-24(2,3)29-22(27)20(18-14-10-8-11-15-18)26(7)21(19-16-12-9-13-17-19)23(28)30-25(4,5)6/h8-17,20-21H,1-7H3. The average Bonchev–Trinajstić information content (AvgIpc) is 2.61. The molecule has 0 amide bonds. The predicted molar refractivity (Wildman–Crippen MR) is 118 cm³/mol. The van der Waals surface area contributed by atoms with Gasteiger partial charge in [0.25, 0.3) is 0 Å². The van der Waals surface area contributed by atoms with E-state index in [9.17, 15) is 9.59 Å². The van der Waals surface area contributed by atoms with Crippen molar-refractivity contribution in [2.45, 2.75) is 64.8 Å². The molecule has 0 aliphatic rings. The maximum absolute atomic E-state index is 13.2. The van der Waals surface area contributed by atoms with Gasteiger partial charge in [-0.15, -0.1) is 0 Å². The van der Waals surface area contributed by atoms with Crippen LogP contribution in [0.25, 0.3) is 0 Å². The van der Waals surface area contributed by atoms with E-state index in [1.165, 1.54) is 0 Å². The molecule has 0 spiro atoms. The fourth-order valence-electron chi connectivity index (χ4n) is 3.21. The molecule has 2 aromatic carbocycles. The van der Waals surface area contributed by atoms with E-state index < -0.39 is 35.2 Å². The zero-order valence-corrected chi connectivity index (χ0v) is 19.0. The number of carbonyl (C=O) groups is 2. The van der Waals surface area contributed by atoms with Crippen LogP contribution in [0.2, 0.25) is 0 Å². The molecule has 0 fully saturated rings. The van der Waals surface area contributed by atoms with Crippen LogP contribution in [0.15, 0.2) is 60.7 Å². The van der Waals surface area contributed by atoms with Crippen LogP contribution in [-0.2, 0) is 19.1 Å². The highest BCUT2D eigenvalue weighted by molar-refractivity contribution is 5.82. The van der Waals surface area contributed by atoms with Crippen LogP contribution in [0.4, 0.5) is 0 Å². The number of hydrogen-bond acceptors (Lipinski definition) is 5. The molecule has 0 aromatic heterocycles. The van der Waals surface area contributed by atoms with Gasteiger partial charge in [-0.2, -0.15) is 0 Å². The summed E-state index contributed by atoms with van der Waals surface area (Å²) >= 11 is 0. The van der Waals surface area contributed by atoms with Gasteiger partial charge in [-0.1, -0.05) is 60.7 Å². The SMILES string of the molecule is CN(C(C(=O)OC(C)(C)C)c1ccccc1)C(C(=O)OC(C)(C)C)c1ccccc1. The van der Waals surface area contributed by atoms with Crippen LogP contribution in [0.3, 0.4) is 0 Å². The normalized spacial score (nSPS) is 14.1. The van der Waals surface area contributed by atoms with E-state index in [1.54, 1.807) is 11.9 Å². The predicted octanol–water partition coefficient (Wildman–Crippen LogP) is 5.08. The number of ether oxygens (including phenoxy) is 2. The summed E-state index contributed by atoms with van der Waals surface area (Å²) in [6, 6.07) is 17.1. The van der Waals surface area contributed by atoms with Crippen LogP contribution >= 0.6 is 0 Å². The third kappa shape index (κ3) is 6.70. The lowest BCUT2D eigenvalue weighted by Crippen LogP contribution is -2.42. The summed E-state index contributed by atoms with van der Waals surface area (Å²) in [5.41, 5.74) is 0.190. The van der Waals surface area contributed by atoms with Gasteiger partial charge in [0.1, 0.15) is 23.3 Å². The molecule has 5 heteroatoms. The second-order valence-electron chi connectivity index (χ2n) is 9.36. The van der Waals surface area contributed by atoms with E-state index in [-0.39, 0.29) is 0 Å². The third-order valence-corrected chi connectivity index (χ3v) is 4.31. The summed E-state index contributed by atoms with van der Waals surface area (Å²) < 4.78 is 11.4. The van der Waals surface area contributed by atoms with Gasteiger partial charge in [-0.3, -0.25) is 4.90 Å². The van der Waals surface area contributed by atoms with E-state index >= 15 is 0 Å². The van der Waals surface area contributed by atoms with Crippen molar-refractivity contribution < 1.29 is 19.1 Å². The molecule has 0 aliphatic carbocycles. The number of benzene rings is 2.